The number of ether oxygens (including phenoxy) is 1. The number of aliphatic hydroxyl groups excluding tert-OH is 1. The van der Waals surface area contributed by atoms with Crippen molar-refractivity contribution in [1.29, 1.82) is 0 Å². The number of hydrogen-bond acceptors (Lipinski definition) is 6. The first-order chi connectivity index (χ1) is 13.5. The van der Waals surface area contributed by atoms with Crippen LogP contribution in [0.5, 0.6) is 0 Å². The fourth-order valence-electron chi connectivity index (χ4n) is 3.16. The molecule has 5 nitrogen and oxygen atoms in total. The van der Waals surface area contributed by atoms with Crippen LogP contribution in [0.25, 0.3) is 0 Å². The Balaban J connectivity index is 1.75. The number of carbonyl (C=O) groups is 1. The third kappa shape index (κ3) is 6.82. The molecule has 1 saturated heterocycles. The molecule has 1 aliphatic heterocycles. The molecule has 0 saturated carbocycles. The van der Waals surface area contributed by atoms with Crippen molar-refractivity contribution in [2.24, 2.45) is 11.8 Å². The normalized spacial score (nSPS) is 16.5. The Kier molecular flexibility index (Phi) is 9.89. The zero-order valence-electron chi connectivity index (χ0n) is 17.2. The number of halogens is 1. The van der Waals surface area contributed by atoms with Crippen LogP contribution in [-0.4, -0.2) is 47.6 Å². The molecular weight excluding hydrogens is 396 g/mol. The van der Waals surface area contributed by atoms with Crippen molar-refractivity contribution < 1.29 is 14.6 Å². The number of unbranched alkanes of at least 4 members (excludes halogenated alkanes) is 1. The first-order valence-electron chi connectivity index (χ1n) is 10.3. The van der Waals surface area contributed by atoms with E-state index in [4.69, 9.17) is 16.3 Å². The highest BCUT2D eigenvalue weighted by molar-refractivity contribution is 7.99. The van der Waals surface area contributed by atoms with Crippen molar-refractivity contribution in [3.8, 4) is 0 Å². The maximum atomic E-state index is 12.0. The Morgan fingerprint density at radius 2 is 2.21 bits per heavy atom. The van der Waals surface area contributed by atoms with Crippen LogP contribution in [0.2, 0.25) is 5.02 Å². The van der Waals surface area contributed by atoms with Gasteiger partial charge in [0.1, 0.15) is 5.82 Å². The molecule has 0 bridgehead atoms. The largest absolute Gasteiger partial charge is 0.465 e. The van der Waals surface area contributed by atoms with Gasteiger partial charge < -0.3 is 14.7 Å². The molecule has 2 rings (SSSR count). The molecule has 0 spiro atoms. The van der Waals surface area contributed by atoms with Crippen LogP contribution < -0.4 is 4.90 Å². The van der Waals surface area contributed by atoms with Crippen LogP contribution in [0, 0.1) is 11.8 Å². The highest BCUT2D eigenvalue weighted by atomic mass is 35.5. The van der Waals surface area contributed by atoms with Crippen molar-refractivity contribution in [3.63, 3.8) is 0 Å². The van der Waals surface area contributed by atoms with Gasteiger partial charge in [0.05, 0.1) is 24.2 Å². The summed E-state index contributed by atoms with van der Waals surface area (Å²) in [7, 11) is 0. The third-order valence-corrected chi connectivity index (χ3v) is 6.86. The summed E-state index contributed by atoms with van der Waals surface area (Å²) in [4.78, 5) is 19.4. The van der Waals surface area contributed by atoms with E-state index in [1.54, 1.807) is 18.0 Å². The maximum Gasteiger partial charge on any atom is 0.306 e. The van der Waals surface area contributed by atoms with Crippen LogP contribution in [0.1, 0.15) is 52.9 Å². The monoisotopic (exact) mass is 428 g/mol. The summed E-state index contributed by atoms with van der Waals surface area (Å²) in [6.45, 7) is 8.20. The fraction of sp³-hybridized carbons (Fsp3) is 0.714. The Hall–Kier alpha value is -0.980. The number of aliphatic hydroxyl groups is 1. The zero-order chi connectivity index (χ0) is 20.5. The minimum absolute atomic E-state index is 0.143. The molecule has 28 heavy (non-hydrogen) atoms. The smallest absolute Gasteiger partial charge is 0.306 e. The zero-order valence-corrected chi connectivity index (χ0v) is 18.8. The Morgan fingerprint density at radius 3 is 2.86 bits per heavy atom. The second kappa shape index (κ2) is 11.9. The highest BCUT2D eigenvalue weighted by Crippen LogP contribution is 2.37. The predicted molar refractivity (Wildman–Crippen MR) is 116 cm³/mol. The van der Waals surface area contributed by atoms with Crippen molar-refractivity contribution in [1.82, 2.24) is 4.98 Å². The summed E-state index contributed by atoms with van der Waals surface area (Å²) in [5, 5.41) is 10.3. The average molecular weight is 429 g/mol. The third-order valence-electron chi connectivity index (χ3n) is 5.31. The molecule has 0 amide bonds. The summed E-state index contributed by atoms with van der Waals surface area (Å²) in [5.74, 6) is 1.98. The first-order valence-corrected chi connectivity index (χ1v) is 11.7. The van der Waals surface area contributed by atoms with Gasteiger partial charge in [-0.25, -0.2) is 4.98 Å². The lowest BCUT2D eigenvalue weighted by Gasteiger charge is -2.42. The molecule has 158 valence electrons. The average Bonchev–Trinajstić information content (AvgIpc) is 2.63. The number of hydrogen-bond donors (Lipinski definition) is 1. The van der Waals surface area contributed by atoms with Crippen LogP contribution in [0.3, 0.4) is 0 Å². The van der Waals surface area contributed by atoms with E-state index in [1.165, 1.54) is 12.8 Å². The van der Waals surface area contributed by atoms with Gasteiger partial charge in [-0.2, -0.15) is 0 Å². The molecule has 1 aliphatic rings. The molecule has 1 fully saturated rings. The summed E-state index contributed by atoms with van der Waals surface area (Å²) in [5.41, 5.74) is 0. The number of anilines is 1. The van der Waals surface area contributed by atoms with Gasteiger partial charge in [0.2, 0.25) is 0 Å². The highest BCUT2D eigenvalue weighted by Gasteiger charge is 2.32. The lowest BCUT2D eigenvalue weighted by atomic mass is 9.95. The number of nitrogens with zero attached hydrogens (tertiary/aromatic N) is 2. The van der Waals surface area contributed by atoms with Gasteiger partial charge >= 0.3 is 5.97 Å². The van der Waals surface area contributed by atoms with Gasteiger partial charge in [0.25, 0.3) is 0 Å². The summed E-state index contributed by atoms with van der Waals surface area (Å²) in [6, 6.07) is 1.88. The van der Waals surface area contributed by atoms with Crippen LogP contribution >= 0.6 is 23.4 Å². The van der Waals surface area contributed by atoms with Gasteiger partial charge in [0.15, 0.2) is 0 Å². The van der Waals surface area contributed by atoms with E-state index in [1.807, 2.05) is 13.0 Å². The summed E-state index contributed by atoms with van der Waals surface area (Å²) in [6.07, 6.45) is 6.33. The minimum Gasteiger partial charge on any atom is -0.465 e. The minimum atomic E-state index is -0.312. The summed E-state index contributed by atoms with van der Waals surface area (Å²) >= 11 is 8.08. The van der Waals surface area contributed by atoms with E-state index in [0.29, 0.717) is 29.7 Å². The number of rotatable bonds is 12. The fourth-order valence-corrected chi connectivity index (χ4v) is 4.42. The van der Waals surface area contributed by atoms with Crippen molar-refractivity contribution in [2.75, 3.05) is 30.3 Å². The standard InChI is InChI=1S/C21H33ClN2O3S/c1-4-6-7-16(5-2)14-27-19(26)9-11-28-18-8-10-23-21(20(18)22)24-12-17(13-24)15(3)25/h8,10,15-17,25H,4-7,9,11-14H2,1-3H3. The molecule has 1 aromatic heterocycles. The molecule has 0 aromatic carbocycles. The number of thioether (sulfide) groups is 1. The van der Waals surface area contributed by atoms with Gasteiger partial charge in [0, 0.05) is 35.9 Å². The van der Waals surface area contributed by atoms with Gasteiger partial charge in [-0.15, -0.1) is 11.8 Å². The topological polar surface area (TPSA) is 62.7 Å². The van der Waals surface area contributed by atoms with Crippen LogP contribution in [-0.2, 0) is 9.53 Å². The maximum absolute atomic E-state index is 12.0. The predicted octanol–water partition coefficient (Wildman–Crippen LogP) is 4.79. The number of esters is 1. The molecule has 0 aliphatic carbocycles. The van der Waals surface area contributed by atoms with Crippen molar-refractivity contribution in [2.45, 2.75) is 63.9 Å². The molecule has 2 unspecified atom stereocenters. The van der Waals surface area contributed by atoms with E-state index in [9.17, 15) is 9.90 Å². The number of carbonyl (C=O) groups excluding carboxylic acids is 1. The molecular formula is C21H33ClN2O3S. The lowest BCUT2D eigenvalue weighted by Crippen LogP contribution is -2.51. The molecule has 0 radical (unpaired) electrons. The van der Waals surface area contributed by atoms with E-state index in [0.717, 1.165) is 36.6 Å². The van der Waals surface area contributed by atoms with Crippen molar-refractivity contribution >= 4 is 35.1 Å². The Labute approximate surface area is 178 Å². The van der Waals surface area contributed by atoms with Crippen LogP contribution in [0.4, 0.5) is 5.82 Å². The van der Waals surface area contributed by atoms with E-state index in [-0.39, 0.29) is 18.0 Å². The van der Waals surface area contributed by atoms with Gasteiger partial charge in [-0.3, -0.25) is 4.79 Å². The number of pyridine rings is 1. The number of aromatic nitrogens is 1. The van der Waals surface area contributed by atoms with E-state index < -0.39 is 0 Å². The molecule has 2 heterocycles. The quantitative estimate of drug-likeness (QED) is 0.381. The van der Waals surface area contributed by atoms with Gasteiger partial charge in [-0.1, -0.05) is 44.7 Å². The van der Waals surface area contributed by atoms with Crippen molar-refractivity contribution in [3.05, 3.63) is 17.3 Å². The molecule has 2 atom stereocenters. The second-order valence-electron chi connectivity index (χ2n) is 7.55. The van der Waals surface area contributed by atoms with E-state index in [2.05, 4.69) is 23.7 Å². The first kappa shape index (κ1) is 23.3. The SMILES string of the molecule is CCCCC(CC)COC(=O)CCSc1ccnc(N2CC(C(C)O)C2)c1Cl. The van der Waals surface area contributed by atoms with E-state index >= 15 is 0 Å². The molecule has 7 heteroatoms. The molecule has 1 N–H and O–H groups in total. The lowest BCUT2D eigenvalue weighted by molar-refractivity contribution is -0.144. The molecule has 1 aromatic rings. The Bertz CT molecular complexity index is 624. The van der Waals surface area contributed by atoms with Crippen LogP contribution in [0.15, 0.2) is 17.2 Å². The second-order valence-corrected chi connectivity index (χ2v) is 9.07. The van der Waals surface area contributed by atoms with Gasteiger partial charge in [-0.05, 0) is 25.3 Å². The Morgan fingerprint density at radius 1 is 1.46 bits per heavy atom. The summed E-state index contributed by atoms with van der Waals surface area (Å²) < 4.78 is 5.45.